The molecule has 0 aliphatic carbocycles. The summed E-state index contributed by atoms with van der Waals surface area (Å²) in [6, 6.07) is 6.87. The SMILES string of the molecule is CNC(=O)C(C)Sc1cccc(O)c1. The number of carbonyl (C=O) groups excluding carboxylic acids is 1. The molecule has 0 bridgehead atoms. The van der Waals surface area contributed by atoms with Crippen LogP contribution in [0.25, 0.3) is 0 Å². The Morgan fingerprint density at radius 2 is 2.29 bits per heavy atom. The van der Waals surface area contributed by atoms with Gasteiger partial charge in [0.2, 0.25) is 5.91 Å². The third-order valence-electron chi connectivity index (χ3n) is 1.75. The first-order valence-electron chi connectivity index (χ1n) is 4.30. The second-order valence-corrected chi connectivity index (χ2v) is 4.29. The van der Waals surface area contributed by atoms with E-state index in [9.17, 15) is 9.90 Å². The maximum atomic E-state index is 11.2. The quantitative estimate of drug-likeness (QED) is 0.747. The van der Waals surface area contributed by atoms with Gasteiger partial charge in [0.1, 0.15) is 5.75 Å². The van der Waals surface area contributed by atoms with Gasteiger partial charge in [-0.05, 0) is 25.1 Å². The molecule has 1 amide bonds. The van der Waals surface area contributed by atoms with Crippen LogP contribution in [0.2, 0.25) is 0 Å². The van der Waals surface area contributed by atoms with Gasteiger partial charge in [-0.15, -0.1) is 11.8 Å². The monoisotopic (exact) mass is 211 g/mol. The lowest BCUT2D eigenvalue weighted by Crippen LogP contribution is -2.27. The van der Waals surface area contributed by atoms with E-state index >= 15 is 0 Å². The Hall–Kier alpha value is -1.16. The molecule has 0 saturated heterocycles. The number of carbonyl (C=O) groups is 1. The van der Waals surface area contributed by atoms with Gasteiger partial charge >= 0.3 is 0 Å². The Morgan fingerprint density at radius 3 is 2.86 bits per heavy atom. The highest BCUT2D eigenvalue weighted by Gasteiger charge is 2.12. The van der Waals surface area contributed by atoms with E-state index in [1.165, 1.54) is 11.8 Å². The van der Waals surface area contributed by atoms with Crippen molar-refractivity contribution >= 4 is 17.7 Å². The first kappa shape index (κ1) is 10.9. The van der Waals surface area contributed by atoms with Crippen LogP contribution in [0.15, 0.2) is 29.2 Å². The van der Waals surface area contributed by atoms with Crippen molar-refractivity contribution in [1.82, 2.24) is 5.32 Å². The van der Waals surface area contributed by atoms with Crippen LogP contribution in [0.5, 0.6) is 5.75 Å². The van der Waals surface area contributed by atoms with Crippen molar-refractivity contribution in [3.8, 4) is 5.75 Å². The predicted molar refractivity (Wildman–Crippen MR) is 57.5 cm³/mol. The maximum absolute atomic E-state index is 11.2. The van der Waals surface area contributed by atoms with Gasteiger partial charge in [-0.1, -0.05) is 6.07 Å². The summed E-state index contributed by atoms with van der Waals surface area (Å²) in [4.78, 5) is 12.1. The summed E-state index contributed by atoms with van der Waals surface area (Å²) in [5, 5.41) is 11.6. The minimum atomic E-state index is -0.151. The summed E-state index contributed by atoms with van der Waals surface area (Å²) in [6.45, 7) is 1.83. The first-order valence-corrected chi connectivity index (χ1v) is 5.18. The molecule has 3 nitrogen and oxygen atoms in total. The standard InChI is InChI=1S/C10H13NO2S/c1-7(10(13)11-2)14-9-5-3-4-8(12)6-9/h3-7,12H,1-2H3,(H,11,13). The number of hydrogen-bond donors (Lipinski definition) is 2. The van der Waals surface area contributed by atoms with E-state index in [-0.39, 0.29) is 16.9 Å². The topological polar surface area (TPSA) is 49.3 Å². The van der Waals surface area contributed by atoms with Crippen molar-refractivity contribution < 1.29 is 9.90 Å². The van der Waals surface area contributed by atoms with Gasteiger partial charge < -0.3 is 10.4 Å². The van der Waals surface area contributed by atoms with Crippen LogP contribution < -0.4 is 5.32 Å². The van der Waals surface area contributed by atoms with Crippen LogP contribution in [0.4, 0.5) is 0 Å². The zero-order valence-corrected chi connectivity index (χ0v) is 8.97. The molecule has 1 unspecified atom stereocenters. The molecule has 0 aliphatic rings. The molecule has 0 heterocycles. The van der Waals surface area contributed by atoms with Gasteiger partial charge in [0.25, 0.3) is 0 Å². The van der Waals surface area contributed by atoms with Crippen LogP contribution in [0.3, 0.4) is 0 Å². The zero-order chi connectivity index (χ0) is 10.6. The molecule has 0 spiro atoms. The van der Waals surface area contributed by atoms with Crippen molar-refractivity contribution in [3.05, 3.63) is 24.3 Å². The second kappa shape index (κ2) is 4.91. The van der Waals surface area contributed by atoms with Gasteiger partial charge in [0, 0.05) is 11.9 Å². The molecular weight excluding hydrogens is 198 g/mol. The third kappa shape index (κ3) is 2.96. The fourth-order valence-electron chi connectivity index (χ4n) is 1.02. The summed E-state index contributed by atoms with van der Waals surface area (Å²) in [6.07, 6.45) is 0. The maximum Gasteiger partial charge on any atom is 0.232 e. The number of benzene rings is 1. The largest absolute Gasteiger partial charge is 0.508 e. The number of phenolic OH excluding ortho intramolecular Hbond substituents is 1. The number of hydrogen-bond acceptors (Lipinski definition) is 3. The Bertz CT molecular complexity index is 328. The van der Waals surface area contributed by atoms with Crippen molar-refractivity contribution in [3.63, 3.8) is 0 Å². The molecule has 76 valence electrons. The number of aromatic hydroxyl groups is 1. The summed E-state index contributed by atoms with van der Waals surface area (Å²) in [5.74, 6) is 0.206. The van der Waals surface area contributed by atoms with E-state index in [0.717, 1.165) is 4.90 Å². The Labute approximate surface area is 87.5 Å². The van der Waals surface area contributed by atoms with Crippen molar-refractivity contribution in [1.29, 1.82) is 0 Å². The van der Waals surface area contributed by atoms with Crippen molar-refractivity contribution in [2.45, 2.75) is 17.1 Å². The van der Waals surface area contributed by atoms with Gasteiger partial charge in [0.15, 0.2) is 0 Å². The molecule has 2 N–H and O–H groups in total. The molecule has 0 aliphatic heterocycles. The lowest BCUT2D eigenvalue weighted by atomic mass is 10.3. The molecule has 1 rings (SSSR count). The normalized spacial score (nSPS) is 12.1. The van der Waals surface area contributed by atoms with E-state index in [1.807, 2.05) is 13.0 Å². The van der Waals surface area contributed by atoms with Gasteiger partial charge in [-0.3, -0.25) is 4.79 Å². The molecule has 0 aromatic heterocycles. The van der Waals surface area contributed by atoms with E-state index < -0.39 is 0 Å². The van der Waals surface area contributed by atoms with E-state index in [1.54, 1.807) is 25.2 Å². The molecule has 0 fully saturated rings. The Kier molecular flexibility index (Phi) is 3.83. The molecular formula is C10H13NO2S. The Balaban J connectivity index is 2.64. The minimum absolute atomic E-state index is 0.0154. The molecule has 1 aromatic carbocycles. The highest BCUT2D eigenvalue weighted by atomic mass is 32.2. The van der Waals surface area contributed by atoms with Crippen molar-refractivity contribution in [2.24, 2.45) is 0 Å². The fraction of sp³-hybridized carbons (Fsp3) is 0.300. The van der Waals surface area contributed by atoms with E-state index in [2.05, 4.69) is 5.32 Å². The third-order valence-corrected chi connectivity index (χ3v) is 2.84. The predicted octanol–water partition coefficient (Wildman–Crippen LogP) is 1.62. The van der Waals surface area contributed by atoms with Gasteiger partial charge in [-0.2, -0.15) is 0 Å². The highest BCUT2D eigenvalue weighted by molar-refractivity contribution is 8.00. The Morgan fingerprint density at radius 1 is 1.57 bits per heavy atom. The van der Waals surface area contributed by atoms with Gasteiger partial charge in [-0.25, -0.2) is 0 Å². The summed E-state index contributed by atoms with van der Waals surface area (Å²) < 4.78 is 0. The lowest BCUT2D eigenvalue weighted by molar-refractivity contribution is -0.119. The number of amides is 1. The highest BCUT2D eigenvalue weighted by Crippen LogP contribution is 2.25. The summed E-state index contributed by atoms with van der Waals surface area (Å²) in [7, 11) is 1.61. The molecule has 0 radical (unpaired) electrons. The molecule has 14 heavy (non-hydrogen) atoms. The van der Waals surface area contributed by atoms with E-state index in [0.29, 0.717) is 0 Å². The van der Waals surface area contributed by atoms with Gasteiger partial charge in [0.05, 0.1) is 5.25 Å². The number of rotatable bonds is 3. The summed E-state index contributed by atoms with van der Waals surface area (Å²) >= 11 is 1.42. The average molecular weight is 211 g/mol. The van der Waals surface area contributed by atoms with Crippen LogP contribution in [0.1, 0.15) is 6.92 Å². The van der Waals surface area contributed by atoms with Crippen LogP contribution >= 0.6 is 11.8 Å². The second-order valence-electron chi connectivity index (χ2n) is 2.87. The molecule has 0 saturated carbocycles. The first-order chi connectivity index (χ1) is 6.63. The van der Waals surface area contributed by atoms with E-state index in [4.69, 9.17) is 0 Å². The number of phenols is 1. The van der Waals surface area contributed by atoms with Crippen LogP contribution in [-0.2, 0) is 4.79 Å². The van der Waals surface area contributed by atoms with Crippen molar-refractivity contribution in [2.75, 3.05) is 7.05 Å². The number of nitrogens with one attached hydrogen (secondary N) is 1. The average Bonchev–Trinajstić information content (AvgIpc) is 2.16. The zero-order valence-electron chi connectivity index (χ0n) is 8.15. The summed E-state index contributed by atoms with van der Waals surface area (Å²) in [5.41, 5.74) is 0. The molecule has 1 atom stereocenters. The van der Waals surface area contributed by atoms with Crippen LogP contribution in [-0.4, -0.2) is 23.3 Å². The fourth-order valence-corrected chi connectivity index (χ4v) is 2.00. The molecule has 4 heteroatoms. The molecule has 1 aromatic rings. The minimum Gasteiger partial charge on any atom is -0.508 e. The number of thioether (sulfide) groups is 1. The smallest absolute Gasteiger partial charge is 0.232 e. The lowest BCUT2D eigenvalue weighted by Gasteiger charge is -2.09. The van der Waals surface area contributed by atoms with Crippen LogP contribution in [0, 0.1) is 0 Å².